The van der Waals surface area contributed by atoms with Crippen LogP contribution in [-0.4, -0.2) is 19.9 Å². The second kappa shape index (κ2) is 3.61. The predicted molar refractivity (Wildman–Crippen MR) is 64.4 cm³/mol. The summed E-state index contributed by atoms with van der Waals surface area (Å²) in [7, 11) is 0. The molecule has 0 bridgehead atoms. The van der Waals surface area contributed by atoms with E-state index in [1.807, 2.05) is 24.3 Å². The van der Waals surface area contributed by atoms with Crippen molar-refractivity contribution in [2.24, 2.45) is 0 Å². The molecule has 5 heteroatoms. The molecule has 0 unspecified atom stereocenters. The maximum Gasteiger partial charge on any atom is 0.181 e. The lowest BCUT2D eigenvalue weighted by Gasteiger charge is -2.03. The molecule has 0 aliphatic carbocycles. The molecule has 2 heterocycles. The fourth-order valence-electron chi connectivity index (χ4n) is 1.64. The van der Waals surface area contributed by atoms with Crippen molar-refractivity contribution in [3.05, 3.63) is 36.9 Å². The molecule has 0 aliphatic heterocycles. The van der Waals surface area contributed by atoms with Crippen LogP contribution in [0.4, 0.5) is 0 Å². The summed E-state index contributed by atoms with van der Waals surface area (Å²) in [5.74, 6) is 0. The van der Waals surface area contributed by atoms with Crippen LogP contribution in [0.5, 0.6) is 0 Å². The maximum absolute atomic E-state index is 4.42. The number of nitrogens with one attached hydrogen (secondary N) is 1. The van der Waals surface area contributed by atoms with Crippen LogP contribution in [0.3, 0.4) is 0 Å². The van der Waals surface area contributed by atoms with Gasteiger partial charge in [-0.2, -0.15) is 0 Å². The summed E-state index contributed by atoms with van der Waals surface area (Å²) in [4.78, 5) is 16.4. The number of aromatic nitrogens is 4. The summed E-state index contributed by atoms with van der Waals surface area (Å²) in [5, 5.41) is 0. The van der Waals surface area contributed by atoms with E-state index < -0.39 is 0 Å². The van der Waals surface area contributed by atoms with Crippen molar-refractivity contribution >= 4 is 23.8 Å². The number of aromatic amines is 1. The van der Waals surface area contributed by atoms with Crippen LogP contribution in [0.2, 0.25) is 0 Å². The number of fused-ring (bicyclic) bond motifs is 1. The Morgan fingerprint density at radius 2 is 1.94 bits per heavy atom. The minimum Gasteiger partial charge on any atom is -0.341 e. The van der Waals surface area contributed by atoms with Gasteiger partial charge in [-0.15, -0.1) is 12.6 Å². The summed E-state index contributed by atoms with van der Waals surface area (Å²) in [5.41, 5.74) is 3.31. The van der Waals surface area contributed by atoms with E-state index in [9.17, 15) is 0 Å². The molecule has 3 rings (SSSR count). The van der Waals surface area contributed by atoms with Gasteiger partial charge in [0.1, 0.15) is 17.5 Å². The van der Waals surface area contributed by atoms with Crippen LogP contribution in [0.1, 0.15) is 0 Å². The van der Waals surface area contributed by atoms with E-state index in [0.29, 0.717) is 5.65 Å². The number of H-pyrrole nitrogens is 1. The number of hydrogen-bond donors (Lipinski definition) is 2. The van der Waals surface area contributed by atoms with Crippen molar-refractivity contribution in [2.45, 2.75) is 4.90 Å². The van der Waals surface area contributed by atoms with Crippen LogP contribution in [0.25, 0.3) is 22.4 Å². The Labute approximate surface area is 97.2 Å². The molecule has 78 valence electrons. The van der Waals surface area contributed by atoms with Crippen LogP contribution in [0, 0.1) is 0 Å². The predicted octanol–water partition coefficient (Wildman–Crippen LogP) is 2.31. The molecule has 0 atom stereocenters. The lowest BCUT2D eigenvalue weighted by Crippen LogP contribution is -1.89. The van der Waals surface area contributed by atoms with Gasteiger partial charge in [-0.3, -0.25) is 0 Å². The van der Waals surface area contributed by atoms with Crippen LogP contribution < -0.4 is 0 Å². The first kappa shape index (κ1) is 9.35. The van der Waals surface area contributed by atoms with Gasteiger partial charge in [0.15, 0.2) is 5.65 Å². The molecule has 2 aromatic heterocycles. The first-order valence-corrected chi connectivity index (χ1v) is 5.23. The van der Waals surface area contributed by atoms with Crippen molar-refractivity contribution in [1.82, 2.24) is 19.9 Å². The Kier molecular flexibility index (Phi) is 2.11. The van der Waals surface area contributed by atoms with E-state index in [1.165, 1.54) is 6.33 Å². The largest absolute Gasteiger partial charge is 0.341 e. The molecular formula is C11H8N4S. The van der Waals surface area contributed by atoms with Crippen molar-refractivity contribution in [1.29, 1.82) is 0 Å². The molecule has 0 saturated carbocycles. The lowest BCUT2D eigenvalue weighted by atomic mass is 10.1. The number of benzene rings is 1. The second-order valence-electron chi connectivity index (χ2n) is 3.34. The quantitative estimate of drug-likeness (QED) is 0.628. The number of hydrogen-bond acceptors (Lipinski definition) is 4. The third-order valence-corrected chi connectivity index (χ3v) is 2.77. The Morgan fingerprint density at radius 1 is 1.06 bits per heavy atom. The number of nitrogens with zero attached hydrogens (tertiary/aromatic N) is 3. The molecule has 1 aromatic carbocycles. The zero-order valence-electron chi connectivity index (χ0n) is 8.25. The molecule has 0 aliphatic rings. The molecule has 3 aromatic rings. The molecule has 0 spiro atoms. The van der Waals surface area contributed by atoms with Crippen LogP contribution >= 0.6 is 12.6 Å². The molecule has 0 amide bonds. The normalized spacial score (nSPS) is 10.8. The fourth-order valence-corrected chi connectivity index (χ4v) is 1.91. The van der Waals surface area contributed by atoms with Crippen LogP contribution in [0.15, 0.2) is 41.8 Å². The Hall–Kier alpha value is -1.88. The zero-order chi connectivity index (χ0) is 11.0. The first-order valence-electron chi connectivity index (χ1n) is 4.79. The Balaban J connectivity index is 2.34. The molecular weight excluding hydrogens is 220 g/mol. The standard InChI is InChI=1S/C11H8N4S/c16-8-4-2-1-3-7(8)9-10-11(14-5-12-9)15-6-13-10/h1-6,16H,(H,12,13,14,15). The monoisotopic (exact) mass is 228 g/mol. The smallest absolute Gasteiger partial charge is 0.181 e. The van der Waals surface area contributed by atoms with E-state index in [0.717, 1.165) is 21.7 Å². The summed E-state index contributed by atoms with van der Waals surface area (Å²) in [6.07, 6.45) is 3.13. The highest BCUT2D eigenvalue weighted by Gasteiger charge is 2.09. The van der Waals surface area contributed by atoms with Gasteiger partial charge in [-0.1, -0.05) is 18.2 Å². The van der Waals surface area contributed by atoms with Gasteiger partial charge in [0.2, 0.25) is 0 Å². The van der Waals surface area contributed by atoms with Gasteiger partial charge in [0, 0.05) is 10.5 Å². The highest BCUT2D eigenvalue weighted by Crippen LogP contribution is 2.27. The highest BCUT2D eigenvalue weighted by molar-refractivity contribution is 7.80. The van der Waals surface area contributed by atoms with Crippen molar-refractivity contribution < 1.29 is 0 Å². The summed E-state index contributed by atoms with van der Waals surface area (Å²) in [6, 6.07) is 7.81. The number of rotatable bonds is 1. The van der Waals surface area contributed by atoms with Crippen molar-refractivity contribution in [2.75, 3.05) is 0 Å². The highest BCUT2D eigenvalue weighted by atomic mass is 32.1. The first-order chi connectivity index (χ1) is 7.86. The molecule has 16 heavy (non-hydrogen) atoms. The molecule has 0 saturated heterocycles. The van der Waals surface area contributed by atoms with E-state index in [2.05, 4.69) is 32.6 Å². The Bertz CT molecular complexity index is 647. The topological polar surface area (TPSA) is 54.5 Å². The molecule has 4 nitrogen and oxygen atoms in total. The minimum absolute atomic E-state index is 0.668. The fraction of sp³-hybridized carbons (Fsp3) is 0. The molecule has 0 fully saturated rings. The van der Waals surface area contributed by atoms with Crippen molar-refractivity contribution in [3.63, 3.8) is 0 Å². The number of imidazole rings is 1. The minimum atomic E-state index is 0.668. The van der Waals surface area contributed by atoms with Gasteiger partial charge < -0.3 is 4.98 Å². The Morgan fingerprint density at radius 3 is 2.81 bits per heavy atom. The average Bonchev–Trinajstić information content (AvgIpc) is 2.77. The molecule has 1 N–H and O–H groups in total. The SMILES string of the molecule is Sc1ccccc1-c1ncnc2nc[nH]c12. The second-order valence-corrected chi connectivity index (χ2v) is 3.82. The average molecular weight is 228 g/mol. The van der Waals surface area contributed by atoms with Gasteiger partial charge in [-0.25, -0.2) is 15.0 Å². The van der Waals surface area contributed by atoms with E-state index in [-0.39, 0.29) is 0 Å². The molecule has 0 radical (unpaired) electrons. The van der Waals surface area contributed by atoms with Gasteiger partial charge in [0.05, 0.1) is 6.33 Å². The van der Waals surface area contributed by atoms with Gasteiger partial charge >= 0.3 is 0 Å². The van der Waals surface area contributed by atoms with Crippen LogP contribution in [-0.2, 0) is 0 Å². The zero-order valence-corrected chi connectivity index (χ0v) is 9.15. The third-order valence-electron chi connectivity index (χ3n) is 2.38. The maximum atomic E-state index is 4.42. The van der Waals surface area contributed by atoms with E-state index >= 15 is 0 Å². The van der Waals surface area contributed by atoms with Gasteiger partial charge in [-0.05, 0) is 6.07 Å². The third kappa shape index (κ3) is 1.37. The number of thiol groups is 1. The van der Waals surface area contributed by atoms with E-state index in [1.54, 1.807) is 6.33 Å². The van der Waals surface area contributed by atoms with Gasteiger partial charge in [0.25, 0.3) is 0 Å². The summed E-state index contributed by atoms with van der Waals surface area (Å²) >= 11 is 4.42. The lowest BCUT2D eigenvalue weighted by molar-refractivity contribution is 1.19. The summed E-state index contributed by atoms with van der Waals surface area (Å²) < 4.78 is 0. The van der Waals surface area contributed by atoms with Crippen molar-refractivity contribution in [3.8, 4) is 11.3 Å². The van der Waals surface area contributed by atoms with E-state index in [4.69, 9.17) is 0 Å². The summed E-state index contributed by atoms with van der Waals surface area (Å²) in [6.45, 7) is 0.